The normalized spacial score (nSPS) is 12.1. The number of hydrogen-bond donors (Lipinski definition) is 0. The summed E-state index contributed by atoms with van der Waals surface area (Å²) in [5, 5.41) is 2.50. The Morgan fingerprint density at radius 3 is 2.43 bits per heavy atom. The van der Waals surface area contributed by atoms with Gasteiger partial charge in [0, 0.05) is 22.7 Å². The van der Waals surface area contributed by atoms with Crippen LogP contribution in [0.25, 0.3) is 27.3 Å². The van der Waals surface area contributed by atoms with Gasteiger partial charge in [0.1, 0.15) is 5.52 Å². The van der Waals surface area contributed by atoms with E-state index in [-0.39, 0.29) is 0 Å². The van der Waals surface area contributed by atoms with E-state index in [0.29, 0.717) is 5.92 Å². The lowest BCUT2D eigenvalue weighted by Crippen LogP contribution is -2.33. The summed E-state index contributed by atoms with van der Waals surface area (Å²) in [5.74, 6) is 0.424. The maximum atomic E-state index is 5.03. The van der Waals surface area contributed by atoms with Crippen LogP contribution in [-0.2, 0) is 7.05 Å². The topological polar surface area (TPSA) is 21.9 Å². The third-order valence-corrected chi connectivity index (χ3v) is 4.85. The maximum absolute atomic E-state index is 5.03. The van der Waals surface area contributed by atoms with Gasteiger partial charge in [-0.25, -0.2) is 4.98 Å². The molecule has 23 heavy (non-hydrogen) atoms. The zero-order valence-electron chi connectivity index (χ0n) is 14.4. The SMILES string of the molecule is Cc1cc(C(C)C)nc2c3ccccc3c3cc(C)n(C)[n+]3c12. The van der Waals surface area contributed by atoms with E-state index in [1.165, 1.54) is 33.1 Å². The van der Waals surface area contributed by atoms with Crippen molar-refractivity contribution >= 4 is 27.3 Å². The van der Waals surface area contributed by atoms with Crippen LogP contribution < -0.4 is 4.52 Å². The third-order valence-electron chi connectivity index (χ3n) is 4.85. The molecule has 0 amide bonds. The molecule has 3 heteroatoms. The Labute approximate surface area is 136 Å². The Morgan fingerprint density at radius 1 is 1.04 bits per heavy atom. The second-order valence-corrected chi connectivity index (χ2v) is 6.77. The van der Waals surface area contributed by atoms with Gasteiger partial charge in [0.2, 0.25) is 5.52 Å². The first-order valence-corrected chi connectivity index (χ1v) is 8.19. The molecular weight excluding hydrogens is 282 g/mol. The van der Waals surface area contributed by atoms with Gasteiger partial charge in [0.25, 0.3) is 5.52 Å². The minimum atomic E-state index is 0.424. The lowest BCUT2D eigenvalue weighted by molar-refractivity contribution is -0.580. The summed E-state index contributed by atoms with van der Waals surface area (Å²) < 4.78 is 4.52. The van der Waals surface area contributed by atoms with Gasteiger partial charge in [-0.2, -0.15) is 4.68 Å². The van der Waals surface area contributed by atoms with Gasteiger partial charge in [-0.3, -0.25) is 0 Å². The van der Waals surface area contributed by atoms with E-state index >= 15 is 0 Å². The number of fused-ring (bicyclic) bond motifs is 6. The molecule has 0 fully saturated rings. The van der Waals surface area contributed by atoms with E-state index in [4.69, 9.17) is 4.98 Å². The highest BCUT2D eigenvalue weighted by molar-refractivity contribution is 6.08. The van der Waals surface area contributed by atoms with E-state index < -0.39 is 0 Å². The monoisotopic (exact) mass is 304 g/mol. The van der Waals surface area contributed by atoms with Gasteiger partial charge in [0.15, 0.2) is 0 Å². The molecule has 3 heterocycles. The molecule has 0 bridgehead atoms. The first-order valence-electron chi connectivity index (χ1n) is 8.19. The summed E-state index contributed by atoms with van der Waals surface area (Å²) in [4.78, 5) is 5.03. The van der Waals surface area contributed by atoms with Crippen molar-refractivity contribution in [2.24, 2.45) is 7.05 Å². The molecule has 1 aromatic carbocycles. The van der Waals surface area contributed by atoms with Gasteiger partial charge >= 0.3 is 0 Å². The molecule has 0 N–H and O–H groups in total. The van der Waals surface area contributed by atoms with Crippen molar-refractivity contribution in [2.75, 3.05) is 0 Å². The van der Waals surface area contributed by atoms with Crippen LogP contribution in [0.2, 0.25) is 0 Å². The highest BCUT2D eigenvalue weighted by Gasteiger charge is 2.24. The van der Waals surface area contributed by atoms with Crippen molar-refractivity contribution in [3.63, 3.8) is 0 Å². The van der Waals surface area contributed by atoms with Gasteiger partial charge in [-0.1, -0.05) is 36.6 Å². The lowest BCUT2D eigenvalue weighted by atomic mass is 10.0. The van der Waals surface area contributed by atoms with Gasteiger partial charge in [-0.15, -0.1) is 0 Å². The van der Waals surface area contributed by atoms with Crippen molar-refractivity contribution < 1.29 is 4.52 Å². The molecule has 0 saturated carbocycles. The second kappa shape index (κ2) is 4.79. The zero-order valence-corrected chi connectivity index (χ0v) is 14.4. The number of aromatic nitrogens is 3. The number of nitrogens with zero attached hydrogens (tertiary/aromatic N) is 3. The summed E-state index contributed by atoms with van der Waals surface area (Å²) in [6.07, 6.45) is 0. The molecular formula is C20H22N3+. The first kappa shape index (κ1) is 14.2. The molecule has 4 aromatic rings. The average Bonchev–Trinajstić information content (AvgIpc) is 2.83. The molecule has 0 radical (unpaired) electrons. The number of aryl methyl sites for hydroxylation is 3. The first-order chi connectivity index (χ1) is 11.0. The van der Waals surface area contributed by atoms with Crippen molar-refractivity contribution in [1.82, 2.24) is 9.67 Å². The van der Waals surface area contributed by atoms with Crippen LogP contribution in [0.5, 0.6) is 0 Å². The molecule has 3 aromatic heterocycles. The fraction of sp³-hybridized carbons (Fsp3) is 0.300. The van der Waals surface area contributed by atoms with Crippen LogP contribution in [0, 0.1) is 13.8 Å². The van der Waals surface area contributed by atoms with E-state index in [2.05, 4.69) is 80.3 Å². The number of benzene rings is 1. The molecule has 0 spiro atoms. The average molecular weight is 304 g/mol. The molecule has 0 atom stereocenters. The summed E-state index contributed by atoms with van der Waals surface area (Å²) in [7, 11) is 2.12. The Hall–Kier alpha value is -2.42. The van der Waals surface area contributed by atoms with Crippen molar-refractivity contribution in [3.8, 4) is 0 Å². The standard InChI is InChI=1S/C20H22N3/c1-12(2)17-10-13(3)20-19(21-17)16-9-7-6-8-15(16)18-11-14(4)22(5)23(18)20/h6-12H,1-5H3/q+1. The molecule has 0 saturated heterocycles. The van der Waals surface area contributed by atoms with E-state index in [1.807, 2.05) is 0 Å². The van der Waals surface area contributed by atoms with Crippen molar-refractivity contribution in [2.45, 2.75) is 33.6 Å². The quantitative estimate of drug-likeness (QED) is 0.381. The van der Waals surface area contributed by atoms with Gasteiger partial charge in [-0.05, 0) is 31.9 Å². The predicted molar refractivity (Wildman–Crippen MR) is 94.9 cm³/mol. The Kier molecular flexibility index (Phi) is 2.95. The summed E-state index contributed by atoms with van der Waals surface area (Å²) in [6, 6.07) is 13.1. The Morgan fingerprint density at radius 2 is 1.74 bits per heavy atom. The summed E-state index contributed by atoms with van der Waals surface area (Å²) in [6.45, 7) is 8.75. The molecule has 0 unspecified atom stereocenters. The zero-order chi connectivity index (χ0) is 16.3. The van der Waals surface area contributed by atoms with Crippen LogP contribution in [0.4, 0.5) is 0 Å². The van der Waals surface area contributed by atoms with Gasteiger partial charge in [0.05, 0.1) is 18.1 Å². The van der Waals surface area contributed by atoms with Crippen molar-refractivity contribution in [3.05, 3.63) is 53.3 Å². The summed E-state index contributed by atoms with van der Waals surface area (Å²) >= 11 is 0. The minimum absolute atomic E-state index is 0.424. The smallest absolute Gasteiger partial charge is 0.245 e. The molecule has 3 nitrogen and oxygen atoms in total. The molecule has 0 aliphatic rings. The van der Waals surface area contributed by atoms with E-state index in [1.54, 1.807) is 0 Å². The Bertz CT molecular complexity index is 1070. The molecule has 0 aliphatic carbocycles. The van der Waals surface area contributed by atoms with E-state index in [9.17, 15) is 0 Å². The predicted octanol–water partition coefficient (Wildman–Crippen LogP) is 4.21. The fourth-order valence-electron chi connectivity index (χ4n) is 3.49. The lowest BCUT2D eigenvalue weighted by Gasteiger charge is -2.09. The fourth-order valence-corrected chi connectivity index (χ4v) is 3.49. The molecule has 4 rings (SSSR count). The van der Waals surface area contributed by atoms with Crippen LogP contribution >= 0.6 is 0 Å². The maximum Gasteiger partial charge on any atom is 0.265 e. The largest absolute Gasteiger partial charge is 0.265 e. The summed E-state index contributed by atoms with van der Waals surface area (Å²) in [5.41, 5.74) is 7.23. The van der Waals surface area contributed by atoms with Crippen LogP contribution in [0.3, 0.4) is 0 Å². The number of hydrogen-bond acceptors (Lipinski definition) is 1. The third kappa shape index (κ3) is 1.89. The van der Waals surface area contributed by atoms with Crippen LogP contribution in [0.15, 0.2) is 36.4 Å². The number of pyridine rings is 2. The molecule has 116 valence electrons. The van der Waals surface area contributed by atoms with Gasteiger partial charge < -0.3 is 0 Å². The highest BCUT2D eigenvalue weighted by atomic mass is 15.3. The second-order valence-electron chi connectivity index (χ2n) is 6.77. The molecule has 0 aliphatic heterocycles. The Balaban J connectivity index is 2.37. The van der Waals surface area contributed by atoms with Crippen LogP contribution in [-0.4, -0.2) is 9.67 Å². The minimum Gasteiger partial charge on any atom is -0.245 e. The van der Waals surface area contributed by atoms with Crippen LogP contribution in [0.1, 0.15) is 36.7 Å². The van der Waals surface area contributed by atoms with Crippen molar-refractivity contribution in [1.29, 1.82) is 0 Å². The highest BCUT2D eigenvalue weighted by Crippen LogP contribution is 2.29. The number of rotatable bonds is 1. The van der Waals surface area contributed by atoms with E-state index in [0.717, 1.165) is 11.2 Å².